The molecule has 2 heterocycles. The number of hydrogen-bond acceptors (Lipinski definition) is 6. The van der Waals surface area contributed by atoms with Crippen molar-refractivity contribution in [1.29, 1.82) is 0 Å². The summed E-state index contributed by atoms with van der Waals surface area (Å²) in [5.41, 5.74) is 8.68. The number of carbonyl (C=O) groups excluding carboxylic acids is 1. The number of nitrogens with two attached hydrogens (primary N) is 1. The smallest absolute Gasteiger partial charge is 0.248 e. The number of fused-ring (bicyclic) bond motifs is 1. The molecule has 2 aromatic carbocycles. The number of ether oxygens (including phenoxy) is 1. The summed E-state index contributed by atoms with van der Waals surface area (Å²) in [6.07, 6.45) is 1.54. The fourth-order valence-electron chi connectivity index (χ4n) is 2.81. The standard InChI is InChI=1S/C20H16N4O2S/c1-26-15-8-4-12(5-9-15)16-10-27-20-17(16)19(22-11-23-20)24-14-6-2-13(3-7-14)18(21)25/h2-11H,1H3,(H2,21,25)(H,22,23,24). The number of benzene rings is 2. The van der Waals surface area contributed by atoms with Crippen LogP contribution in [-0.2, 0) is 0 Å². The lowest BCUT2D eigenvalue weighted by molar-refractivity contribution is 0.100. The van der Waals surface area contributed by atoms with Gasteiger partial charge in [0.15, 0.2) is 0 Å². The molecule has 2 aromatic heterocycles. The maximum Gasteiger partial charge on any atom is 0.248 e. The number of anilines is 2. The van der Waals surface area contributed by atoms with Crippen molar-refractivity contribution in [3.05, 3.63) is 65.8 Å². The second kappa shape index (κ2) is 7.05. The van der Waals surface area contributed by atoms with E-state index < -0.39 is 5.91 Å². The van der Waals surface area contributed by atoms with E-state index in [1.807, 2.05) is 24.3 Å². The summed E-state index contributed by atoms with van der Waals surface area (Å²) in [7, 11) is 1.65. The minimum absolute atomic E-state index is 0.453. The molecule has 0 spiro atoms. The van der Waals surface area contributed by atoms with E-state index in [4.69, 9.17) is 10.5 Å². The SMILES string of the molecule is COc1ccc(-c2csc3ncnc(Nc4ccc(C(N)=O)cc4)c23)cc1. The summed E-state index contributed by atoms with van der Waals surface area (Å²) < 4.78 is 5.24. The van der Waals surface area contributed by atoms with Gasteiger partial charge >= 0.3 is 0 Å². The fraction of sp³-hybridized carbons (Fsp3) is 0.0500. The Bertz CT molecular complexity index is 1110. The van der Waals surface area contributed by atoms with Crippen molar-refractivity contribution in [2.45, 2.75) is 0 Å². The quantitative estimate of drug-likeness (QED) is 0.544. The Kier molecular flexibility index (Phi) is 4.43. The van der Waals surface area contributed by atoms with Gasteiger partial charge in [-0.25, -0.2) is 9.97 Å². The second-order valence-corrected chi connectivity index (χ2v) is 6.71. The molecular formula is C20H16N4O2S. The highest BCUT2D eigenvalue weighted by Crippen LogP contribution is 2.37. The topological polar surface area (TPSA) is 90.1 Å². The van der Waals surface area contributed by atoms with Crippen molar-refractivity contribution < 1.29 is 9.53 Å². The maximum atomic E-state index is 11.2. The number of methoxy groups -OCH3 is 1. The molecule has 7 heteroatoms. The molecule has 4 rings (SSSR count). The number of primary amides is 1. The van der Waals surface area contributed by atoms with Crippen LogP contribution in [0, 0.1) is 0 Å². The van der Waals surface area contributed by atoms with E-state index in [0.717, 1.165) is 32.8 Å². The van der Waals surface area contributed by atoms with Gasteiger partial charge in [-0.2, -0.15) is 0 Å². The van der Waals surface area contributed by atoms with Crippen molar-refractivity contribution in [3.8, 4) is 16.9 Å². The lowest BCUT2D eigenvalue weighted by Gasteiger charge is -2.09. The fourth-order valence-corrected chi connectivity index (χ4v) is 3.72. The van der Waals surface area contributed by atoms with Crippen LogP contribution in [0.15, 0.2) is 60.2 Å². The summed E-state index contributed by atoms with van der Waals surface area (Å²) in [4.78, 5) is 20.9. The number of carbonyl (C=O) groups is 1. The second-order valence-electron chi connectivity index (χ2n) is 5.85. The van der Waals surface area contributed by atoms with Crippen molar-refractivity contribution in [2.75, 3.05) is 12.4 Å². The molecule has 4 aromatic rings. The molecule has 1 amide bonds. The third-order valence-electron chi connectivity index (χ3n) is 4.20. The number of nitrogens with zero attached hydrogens (tertiary/aromatic N) is 2. The molecule has 0 aliphatic heterocycles. The summed E-state index contributed by atoms with van der Waals surface area (Å²) in [5, 5.41) is 6.33. The first-order valence-electron chi connectivity index (χ1n) is 8.19. The van der Waals surface area contributed by atoms with Crippen molar-refractivity contribution in [1.82, 2.24) is 9.97 Å². The van der Waals surface area contributed by atoms with Gasteiger partial charge in [-0.3, -0.25) is 4.79 Å². The zero-order valence-corrected chi connectivity index (χ0v) is 15.3. The lowest BCUT2D eigenvalue weighted by Crippen LogP contribution is -2.10. The first kappa shape index (κ1) is 17.0. The largest absolute Gasteiger partial charge is 0.497 e. The molecule has 0 fully saturated rings. The average Bonchev–Trinajstić information content (AvgIpc) is 3.14. The highest BCUT2D eigenvalue weighted by molar-refractivity contribution is 7.17. The molecule has 6 nitrogen and oxygen atoms in total. The molecule has 0 bridgehead atoms. The van der Waals surface area contributed by atoms with Gasteiger partial charge in [-0.15, -0.1) is 11.3 Å². The van der Waals surface area contributed by atoms with Crippen LogP contribution in [0.5, 0.6) is 5.75 Å². The van der Waals surface area contributed by atoms with Crippen molar-refractivity contribution >= 4 is 39.0 Å². The molecular weight excluding hydrogens is 360 g/mol. The minimum Gasteiger partial charge on any atom is -0.497 e. The van der Waals surface area contributed by atoms with E-state index in [1.54, 1.807) is 42.7 Å². The monoisotopic (exact) mass is 376 g/mol. The zero-order chi connectivity index (χ0) is 18.8. The van der Waals surface area contributed by atoms with Crippen LogP contribution >= 0.6 is 11.3 Å². The van der Waals surface area contributed by atoms with Crippen molar-refractivity contribution in [3.63, 3.8) is 0 Å². The normalized spacial score (nSPS) is 10.7. The molecule has 134 valence electrons. The third-order valence-corrected chi connectivity index (χ3v) is 5.09. The van der Waals surface area contributed by atoms with Gasteiger partial charge in [-0.1, -0.05) is 12.1 Å². The first-order valence-corrected chi connectivity index (χ1v) is 9.07. The Morgan fingerprint density at radius 1 is 1.07 bits per heavy atom. The predicted molar refractivity (Wildman–Crippen MR) is 108 cm³/mol. The Morgan fingerprint density at radius 3 is 2.48 bits per heavy atom. The molecule has 0 saturated carbocycles. The molecule has 27 heavy (non-hydrogen) atoms. The van der Waals surface area contributed by atoms with Gasteiger partial charge in [0.2, 0.25) is 5.91 Å². The number of amides is 1. The number of nitrogens with one attached hydrogen (secondary N) is 1. The maximum absolute atomic E-state index is 11.2. The third kappa shape index (κ3) is 3.32. The summed E-state index contributed by atoms with van der Waals surface area (Å²) >= 11 is 1.57. The van der Waals surface area contributed by atoms with E-state index in [1.165, 1.54) is 6.33 Å². The van der Waals surface area contributed by atoms with Crippen LogP contribution in [0.1, 0.15) is 10.4 Å². The Balaban J connectivity index is 1.74. The van der Waals surface area contributed by atoms with Gasteiger partial charge in [0.05, 0.1) is 12.5 Å². The van der Waals surface area contributed by atoms with Gasteiger partial charge in [-0.05, 0) is 42.0 Å². The van der Waals surface area contributed by atoms with E-state index in [9.17, 15) is 4.79 Å². The molecule has 0 unspecified atom stereocenters. The van der Waals surface area contributed by atoms with E-state index in [2.05, 4.69) is 20.7 Å². The van der Waals surface area contributed by atoms with Crippen LogP contribution in [0.2, 0.25) is 0 Å². The van der Waals surface area contributed by atoms with E-state index >= 15 is 0 Å². The van der Waals surface area contributed by atoms with Crippen LogP contribution in [0.25, 0.3) is 21.3 Å². The molecule has 0 aliphatic rings. The summed E-state index contributed by atoms with van der Waals surface area (Å²) in [5.74, 6) is 1.06. The molecule has 3 N–H and O–H groups in total. The van der Waals surface area contributed by atoms with Crippen LogP contribution < -0.4 is 15.8 Å². The van der Waals surface area contributed by atoms with Gasteiger partial charge in [0.1, 0.15) is 22.7 Å². The minimum atomic E-state index is -0.453. The molecule has 0 aliphatic carbocycles. The molecule has 0 radical (unpaired) electrons. The van der Waals surface area contributed by atoms with Crippen LogP contribution in [0.4, 0.5) is 11.5 Å². The highest BCUT2D eigenvalue weighted by atomic mass is 32.1. The first-order chi connectivity index (χ1) is 13.2. The van der Waals surface area contributed by atoms with Crippen molar-refractivity contribution in [2.24, 2.45) is 5.73 Å². The Hall–Kier alpha value is -3.45. The highest BCUT2D eigenvalue weighted by Gasteiger charge is 2.13. The predicted octanol–water partition coefficient (Wildman–Crippen LogP) is 4.21. The number of rotatable bonds is 5. The van der Waals surface area contributed by atoms with Crippen LogP contribution in [-0.4, -0.2) is 23.0 Å². The Labute approximate surface area is 159 Å². The van der Waals surface area contributed by atoms with E-state index in [-0.39, 0.29) is 0 Å². The summed E-state index contributed by atoms with van der Waals surface area (Å²) in [6.45, 7) is 0. The lowest BCUT2D eigenvalue weighted by atomic mass is 10.1. The molecule has 0 atom stereocenters. The zero-order valence-electron chi connectivity index (χ0n) is 14.5. The number of hydrogen-bond donors (Lipinski definition) is 2. The van der Waals surface area contributed by atoms with E-state index in [0.29, 0.717) is 11.4 Å². The number of thiophene rings is 1. The average molecular weight is 376 g/mol. The van der Waals surface area contributed by atoms with Gasteiger partial charge < -0.3 is 15.8 Å². The van der Waals surface area contributed by atoms with Crippen LogP contribution in [0.3, 0.4) is 0 Å². The summed E-state index contributed by atoms with van der Waals surface area (Å²) in [6, 6.07) is 14.8. The molecule has 0 saturated heterocycles. The van der Waals surface area contributed by atoms with Gasteiger partial charge in [0.25, 0.3) is 0 Å². The Morgan fingerprint density at radius 2 is 1.81 bits per heavy atom. The number of aromatic nitrogens is 2. The van der Waals surface area contributed by atoms with Gasteiger partial charge in [0, 0.05) is 22.2 Å².